The zero-order chi connectivity index (χ0) is 22.7. The first-order valence-electron chi connectivity index (χ1n) is 10.5. The van der Waals surface area contributed by atoms with Crippen LogP contribution in [0, 0.1) is 5.92 Å². The molecule has 1 aliphatic rings. The summed E-state index contributed by atoms with van der Waals surface area (Å²) in [5.74, 6) is 0.364. The number of urea groups is 1. The van der Waals surface area contributed by atoms with Gasteiger partial charge in [0.1, 0.15) is 6.54 Å². The first kappa shape index (κ1) is 23.9. The number of halogens is 2. The molecule has 1 aromatic heterocycles. The Kier molecular flexibility index (Phi) is 7.89. The Morgan fingerprint density at radius 3 is 2.58 bits per heavy atom. The second-order valence-electron chi connectivity index (χ2n) is 8.49. The molecular formula is C23H29Cl2N3O2S. The van der Waals surface area contributed by atoms with Gasteiger partial charge in [-0.1, -0.05) is 43.1 Å². The van der Waals surface area contributed by atoms with Gasteiger partial charge in [0, 0.05) is 42.1 Å². The predicted octanol–water partition coefficient (Wildman–Crippen LogP) is 5.56. The highest BCUT2D eigenvalue weighted by Crippen LogP contribution is 2.41. The topological polar surface area (TPSA) is 43.9 Å². The minimum atomic E-state index is -0.284. The Balaban J connectivity index is 1.91. The van der Waals surface area contributed by atoms with Crippen molar-refractivity contribution in [1.82, 2.24) is 14.7 Å². The Bertz CT molecular complexity index is 945. The van der Waals surface area contributed by atoms with Crippen molar-refractivity contribution in [1.29, 1.82) is 0 Å². The molecular weight excluding hydrogens is 453 g/mol. The summed E-state index contributed by atoms with van der Waals surface area (Å²) < 4.78 is 0. The molecule has 2 heterocycles. The van der Waals surface area contributed by atoms with E-state index in [0.717, 1.165) is 24.0 Å². The molecule has 0 saturated carbocycles. The Labute approximate surface area is 198 Å². The third-order valence-electron chi connectivity index (χ3n) is 5.50. The molecule has 0 N–H and O–H groups in total. The second-order valence-corrected chi connectivity index (χ2v) is 10.3. The van der Waals surface area contributed by atoms with Crippen molar-refractivity contribution in [2.75, 3.05) is 33.7 Å². The molecule has 1 atom stereocenters. The van der Waals surface area contributed by atoms with E-state index in [1.807, 2.05) is 11.0 Å². The molecule has 1 aromatic carbocycles. The number of thiophene rings is 1. The van der Waals surface area contributed by atoms with Crippen LogP contribution in [0.15, 0.2) is 29.6 Å². The highest BCUT2D eigenvalue weighted by Gasteiger charge is 2.35. The van der Waals surface area contributed by atoms with Crippen molar-refractivity contribution in [3.05, 3.63) is 55.7 Å². The lowest BCUT2D eigenvalue weighted by Gasteiger charge is -2.38. The van der Waals surface area contributed by atoms with E-state index < -0.39 is 0 Å². The molecule has 5 nitrogen and oxygen atoms in total. The third-order valence-corrected chi connectivity index (χ3v) is 7.06. The maximum absolute atomic E-state index is 13.5. The number of amides is 3. The van der Waals surface area contributed by atoms with Crippen LogP contribution < -0.4 is 0 Å². The molecule has 0 spiro atoms. The summed E-state index contributed by atoms with van der Waals surface area (Å²) in [5, 5.41) is 3.15. The van der Waals surface area contributed by atoms with E-state index in [-0.39, 0.29) is 24.5 Å². The van der Waals surface area contributed by atoms with Gasteiger partial charge in [0.25, 0.3) is 0 Å². The fourth-order valence-corrected chi connectivity index (χ4v) is 5.25. The van der Waals surface area contributed by atoms with Crippen molar-refractivity contribution in [3.8, 4) is 0 Å². The van der Waals surface area contributed by atoms with Crippen LogP contribution in [-0.2, 0) is 11.2 Å². The third kappa shape index (κ3) is 5.54. The highest BCUT2D eigenvalue weighted by molar-refractivity contribution is 7.10. The average Bonchev–Trinajstić information content (AvgIpc) is 3.18. The zero-order valence-corrected chi connectivity index (χ0v) is 20.7. The standard InChI is InChI=1S/C23H29Cl2N3O2S/c1-15(2)7-10-27(23(30)26(3)4)14-21(29)28-11-8-20-18(9-12-31-20)22(28)17-6-5-16(24)13-19(17)25/h5-6,9,12-13,15,22H,7-8,10-11,14H2,1-4H3. The van der Waals surface area contributed by atoms with Gasteiger partial charge in [0.15, 0.2) is 0 Å². The first-order valence-corrected chi connectivity index (χ1v) is 12.1. The monoisotopic (exact) mass is 481 g/mol. The molecule has 0 saturated heterocycles. The largest absolute Gasteiger partial charge is 0.331 e. The minimum Gasteiger partial charge on any atom is -0.331 e. The van der Waals surface area contributed by atoms with E-state index in [1.165, 1.54) is 9.78 Å². The molecule has 3 amide bonds. The Hall–Kier alpha value is -1.76. The van der Waals surface area contributed by atoms with E-state index in [0.29, 0.717) is 29.1 Å². The molecule has 3 rings (SSSR count). The fourth-order valence-electron chi connectivity index (χ4n) is 3.84. The molecule has 0 radical (unpaired) electrons. The van der Waals surface area contributed by atoms with E-state index in [4.69, 9.17) is 23.2 Å². The van der Waals surface area contributed by atoms with Gasteiger partial charge in [0.05, 0.1) is 6.04 Å². The Morgan fingerprint density at radius 2 is 1.94 bits per heavy atom. The number of carbonyl (C=O) groups excluding carboxylic acids is 2. The minimum absolute atomic E-state index is 0.0465. The van der Waals surface area contributed by atoms with Crippen LogP contribution >= 0.6 is 34.5 Å². The smallest absolute Gasteiger partial charge is 0.319 e. The lowest BCUT2D eigenvalue weighted by molar-refractivity contribution is -0.134. The number of hydrogen-bond acceptors (Lipinski definition) is 3. The molecule has 1 aliphatic heterocycles. The summed E-state index contributed by atoms with van der Waals surface area (Å²) in [6.45, 7) is 5.41. The maximum Gasteiger partial charge on any atom is 0.319 e. The van der Waals surface area contributed by atoms with Crippen LogP contribution in [0.4, 0.5) is 4.79 Å². The fraction of sp³-hybridized carbons (Fsp3) is 0.478. The van der Waals surface area contributed by atoms with Crippen molar-refractivity contribution in [2.45, 2.75) is 32.7 Å². The van der Waals surface area contributed by atoms with E-state index >= 15 is 0 Å². The highest BCUT2D eigenvalue weighted by atomic mass is 35.5. The molecule has 8 heteroatoms. The molecule has 1 unspecified atom stereocenters. The van der Waals surface area contributed by atoms with Crippen LogP contribution in [0.25, 0.3) is 0 Å². The SMILES string of the molecule is CC(C)CCN(CC(=O)N1CCc2sccc2C1c1ccc(Cl)cc1Cl)C(=O)N(C)C. The maximum atomic E-state index is 13.5. The summed E-state index contributed by atoms with van der Waals surface area (Å²) >= 11 is 14.4. The van der Waals surface area contributed by atoms with Crippen molar-refractivity contribution in [3.63, 3.8) is 0 Å². The van der Waals surface area contributed by atoms with Gasteiger partial charge >= 0.3 is 6.03 Å². The van der Waals surface area contributed by atoms with Gasteiger partial charge in [-0.15, -0.1) is 11.3 Å². The van der Waals surface area contributed by atoms with E-state index in [1.54, 1.807) is 42.5 Å². The van der Waals surface area contributed by atoms with Crippen LogP contribution in [0.1, 0.15) is 42.3 Å². The van der Waals surface area contributed by atoms with E-state index in [2.05, 4.69) is 25.3 Å². The summed E-state index contributed by atoms with van der Waals surface area (Å²) in [5.41, 5.74) is 1.95. The Morgan fingerprint density at radius 1 is 1.19 bits per heavy atom. The van der Waals surface area contributed by atoms with E-state index in [9.17, 15) is 9.59 Å². The molecule has 31 heavy (non-hydrogen) atoms. The zero-order valence-electron chi connectivity index (χ0n) is 18.4. The second kappa shape index (κ2) is 10.2. The number of carbonyl (C=O) groups is 2. The summed E-state index contributed by atoms with van der Waals surface area (Å²) in [7, 11) is 3.42. The summed E-state index contributed by atoms with van der Waals surface area (Å²) in [6, 6.07) is 7.04. The normalized spacial score (nSPS) is 15.7. The van der Waals surface area contributed by atoms with Gasteiger partial charge in [-0.3, -0.25) is 4.79 Å². The van der Waals surface area contributed by atoms with Crippen LogP contribution in [0.3, 0.4) is 0 Å². The molecule has 2 aromatic rings. The lowest BCUT2D eigenvalue weighted by Crippen LogP contribution is -2.49. The number of nitrogens with zero attached hydrogens (tertiary/aromatic N) is 3. The van der Waals surface area contributed by atoms with Gasteiger partial charge in [-0.2, -0.15) is 0 Å². The van der Waals surface area contributed by atoms with Crippen LogP contribution in [-0.4, -0.2) is 60.4 Å². The van der Waals surface area contributed by atoms with Crippen molar-refractivity contribution < 1.29 is 9.59 Å². The molecule has 0 bridgehead atoms. The first-order chi connectivity index (χ1) is 14.7. The number of rotatable bonds is 6. The quantitative estimate of drug-likeness (QED) is 0.541. The van der Waals surface area contributed by atoms with Gasteiger partial charge in [-0.05, 0) is 53.5 Å². The van der Waals surface area contributed by atoms with Gasteiger partial charge in [0.2, 0.25) is 5.91 Å². The number of hydrogen-bond donors (Lipinski definition) is 0. The summed E-state index contributed by atoms with van der Waals surface area (Å²) in [4.78, 5) is 32.5. The number of fused-ring (bicyclic) bond motifs is 1. The molecule has 0 fully saturated rings. The number of benzene rings is 1. The van der Waals surface area contributed by atoms with Crippen LogP contribution in [0.5, 0.6) is 0 Å². The molecule has 0 aliphatic carbocycles. The van der Waals surface area contributed by atoms with Gasteiger partial charge < -0.3 is 14.7 Å². The van der Waals surface area contributed by atoms with Gasteiger partial charge in [-0.25, -0.2) is 4.79 Å². The van der Waals surface area contributed by atoms with Crippen molar-refractivity contribution >= 4 is 46.5 Å². The van der Waals surface area contributed by atoms with Crippen molar-refractivity contribution in [2.24, 2.45) is 5.92 Å². The molecule has 168 valence electrons. The average molecular weight is 482 g/mol. The van der Waals surface area contributed by atoms with Crippen LogP contribution in [0.2, 0.25) is 10.0 Å². The predicted molar refractivity (Wildman–Crippen MR) is 128 cm³/mol. The summed E-state index contributed by atoms with van der Waals surface area (Å²) in [6.07, 6.45) is 1.64. The lowest BCUT2D eigenvalue weighted by atomic mass is 9.93.